The van der Waals surface area contributed by atoms with Crippen molar-refractivity contribution in [2.45, 2.75) is 26.3 Å². The number of likely N-dealkylation sites (tertiary alicyclic amines) is 1. The Bertz CT molecular complexity index is 736. The predicted octanol–water partition coefficient (Wildman–Crippen LogP) is 4.53. The number of amides is 1. The minimum atomic E-state index is -0.384. The van der Waals surface area contributed by atoms with Crippen molar-refractivity contribution in [2.75, 3.05) is 18.4 Å². The molecule has 1 aliphatic heterocycles. The number of halogens is 2. The molecular formula is C17H19BrFN3OS. The molecule has 1 unspecified atom stereocenters. The number of anilines is 1. The second-order valence-corrected chi connectivity index (χ2v) is 7.92. The van der Waals surface area contributed by atoms with E-state index in [0.29, 0.717) is 15.2 Å². The highest BCUT2D eigenvalue weighted by Gasteiger charge is 2.18. The molecule has 1 saturated heterocycles. The molecule has 0 radical (unpaired) electrons. The summed E-state index contributed by atoms with van der Waals surface area (Å²) >= 11 is 4.62. The van der Waals surface area contributed by atoms with Gasteiger partial charge in [-0.25, -0.2) is 9.37 Å². The van der Waals surface area contributed by atoms with Gasteiger partial charge in [0.1, 0.15) is 5.82 Å². The molecule has 128 valence electrons. The lowest BCUT2D eigenvalue weighted by atomic mass is 10.0. The Kier molecular flexibility index (Phi) is 5.63. The molecule has 2 aromatic rings. The number of benzene rings is 1. The van der Waals surface area contributed by atoms with Gasteiger partial charge in [-0.15, -0.1) is 11.3 Å². The first-order valence-corrected chi connectivity index (χ1v) is 9.61. The number of nitrogens with one attached hydrogen (secondary N) is 1. The SMILES string of the molecule is CC1CCCN(Cc2csc(NC(=O)c3ccc(F)cc3Br)n2)C1. The van der Waals surface area contributed by atoms with Crippen molar-refractivity contribution >= 4 is 38.3 Å². The summed E-state index contributed by atoms with van der Waals surface area (Å²) in [7, 11) is 0. The number of hydrogen-bond donors (Lipinski definition) is 1. The van der Waals surface area contributed by atoms with Gasteiger partial charge in [0.15, 0.2) is 5.13 Å². The summed E-state index contributed by atoms with van der Waals surface area (Å²) in [6.45, 7) is 5.30. The Morgan fingerprint density at radius 2 is 2.38 bits per heavy atom. The quantitative estimate of drug-likeness (QED) is 0.803. The van der Waals surface area contributed by atoms with Crippen molar-refractivity contribution in [3.63, 3.8) is 0 Å². The van der Waals surface area contributed by atoms with Crippen molar-refractivity contribution in [3.8, 4) is 0 Å². The molecule has 0 spiro atoms. The smallest absolute Gasteiger partial charge is 0.258 e. The van der Waals surface area contributed by atoms with Gasteiger partial charge in [0.05, 0.1) is 11.3 Å². The van der Waals surface area contributed by atoms with E-state index in [1.165, 1.54) is 42.4 Å². The highest BCUT2D eigenvalue weighted by Crippen LogP contribution is 2.23. The summed E-state index contributed by atoms with van der Waals surface area (Å²) in [6, 6.07) is 4.00. The van der Waals surface area contributed by atoms with E-state index in [0.717, 1.165) is 31.2 Å². The van der Waals surface area contributed by atoms with Crippen LogP contribution in [-0.4, -0.2) is 28.9 Å². The number of hydrogen-bond acceptors (Lipinski definition) is 4. The van der Waals surface area contributed by atoms with Crippen molar-refractivity contribution in [3.05, 3.63) is 45.1 Å². The zero-order valence-corrected chi connectivity index (χ0v) is 15.8. The van der Waals surface area contributed by atoms with E-state index in [4.69, 9.17) is 0 Å². The van der Waals surface area contributed by atoms with E-state index >= 15 is 0 Å². The molecule has 1 amide bonds. The number of rotatable bonds is 4. The normalized spacial score (nSPS) is 18.5. The fourth-order valence-corrected chi connectivity index (χ4v) is 4.16. The number of carbonyl (C=O) groups excluding carboxylic acids is 1. The zero-order chi connectivity index (χ0) is 17.1. The van der Waals surface area contributed by atoms with Gasteiger partial charge in [0, 0.05) is 22.9 Å². The molecule has 2 heterocycles. The fourth-order valence-electron chi connectivity index (χ4n) is 2.93. The fraction of sp³-hybridized carbons (Fsp3) is 0.412. The van der Waals surface area contributed by atoms with E-state index < -0.39 is 0 Å². The van der Waals surface area contributed by atoms with Gasteiger partial charge in [-0.05, 0) is 59.4 Å². The lowest BCUT2D eigenvalue weighted by Crippen LogP contribution is -2.33. The van der Waals surface area contributed by atoms with Crippen molar-refractivity contribution < 1.29 is 9.18 Å². The molecule has 1 atom stereocenters. The van der Waals surface area contributed by atoms with Crippen LogP contribution in [0.25, 0.3) is 0 Å². The van der Waals surface area contributed by atoms with Crippen molar-refractivity contribution in [2.24, 2.45) is 5.92 Å². The summed E-state index contributed by atoms with van der Waals surface area (Å²) in [5, 5.41) is 5.33. The van der Waals surface area contributed by atoms with Gasteiger partial charge in [-0.3, -0.25) is 15.0 Å². The van der Waals surface area contributed by atoms with E-state index in [9.17, 15) is 9.18 Å². The topological polar surface area (TPSA) is 45.2 Å². The number of carbonyl (C=O) groups is 1. The highest BCUT2D eigenvalue weighted by molar-refractivity contribution is 9.10. The highest BCUT2D eigenvalue weighted by atomic mass is 79.9. The predicted molar refractivity (Wildman–Crippen MR) is 97.8 cm³/mol. The molecular weight excluding hydrogens is 393 g/mol. The molecule has 1 fully saturated rings. The van der Waals surface area contributed by atoms with Crippen LogP contribution in [-0.2, 0) is 6.54 Å². The minimum absolute atomic E-state index is 0.297. The van der Waals surface area contributed by atoms with E-state index in [2.05, 4.69) is 38.1 Å². The molecule has 24 heavy (non-hydrogen) atoms. The van der Waals surface area contributed by atoms with Gasteiger partial charge in [0.2, 0.25) is 0 Å². The Balaban J connectivity index is 1.62. The maximum atomic E-state index is 13.1. The Morgan fingerprint density at radius 1 is 1.54 bits per heavy atom. The second-order valence-electron chi connectivity index (χ2n) is 6.20. The molecule has 0 aliphatic carbocycles. The Hall–Kier alpha value is -1.31. The minimum Gasteiger partial charge on any atom is -0.298 e. The second kappa shape index (κ2) is 7.72. The van der Waals surface area contributed by atoms with E-state index in [-0.39, 0.29) is 11.7 Å². The van der Waals surface area contributed by atoms with Crippen LogP contribution >= 0.6 is 27.3 Å². The van der Waals surface area contributed by atoms with Crippen molar-refractivity contribution in [1.29, 1.82) is 0 Å². The van der Waals surface area contributed by atoms with Gasteiger partial charge in [-0.2, -0.15) is 0 Å². The standard InChI is InChI=1S/C17H19BrFN3OS/c1-11-3-2-6-22(8-11)9-13-10-24-17(20-13)21-16(23)14-5-4-12(19)7-15(14)18/h4-5,7,10-11H,2-3,6,8-9H2,1H3,(H,20,21,23). The summed E-state index contributed by atoms with van der Waals surface area (Å²) < 4.78 is 13.5. The lowest BCUT2D eigenvalue weighted by molar-refractivity contribution is 0.102. The maximum absolute atomic E-state index is 13.1. The molecule has 1 aliphatic rings. The monoisotopic (exact) mass is 411 g/mol. The third-order valence-electron chi connectivity index (χ3n) is 4.07. The number of piperidine rings is 1. The summed E-state index contributed by atoms with van der Waals surface area (Å²) in [4.78, 5) is 19.2. The summed E-state index contributed by atoms with van der Waals surface area (Å²) in [5.41, 5.74) is 1.36. The van der Waals surface area contributed by atoms with Gasteiger partial charge >= 0.3 is 0 Å². The number of nitrogens with zero attached hydrogens (tertiary/aromatic N) is 2. The first kappa shape index (κ1) is 17.5. The number of thiazole rings is 1. The van der Waals surface area contributed by atoms with Crippen LogP contribution in [0.4, 0.5) is 9.52 Å². The van der Waals surface area contributed by atoms with Crippen LogP contribution in [0.1, 0.15) is 35.8 Å². The van der Waals surface area contributed by atoms with Crippen LogP contribution in [0.5, 0.6) is 0 Å². The van der Waals surface area contributed by atoms with Crippen LogP contribution in [0.3, 0.4) is 0 Å². The first-order valence-electron chi connectivity index (χ1n) is 7.94. The lowest BCUT2D eigenvalue weighted by Gasteiger charge is -2.30. The van der Waals surface area contributed by atoms with Crippen LogP contribution < -0.4 is 5.32 Å². The average molecular weight is 412 g/mol. The van der Waals surface area contributed by atoms with Crippen LogP contribution in [0, 0.1) is 11.7 Å². The number of aromatic nitrogens is 1. The summed E-state index contributed by atoms with van der Waals surface area (Å²) in [5.74, 6) is 0.0486. The van der Waals surface area contributed by atoms with E-state index in [1.54, 1.807) is 0 Å². The Labute approximate surface area is 153 Å². The largest absolute Gasteiger partial charge is 0.298 e. The molecule has 0 saturated carbocycles. The molecule has 3 rings (SSSR count). The van der Waals surface area contributed by atoms with Crippen LogP contribution in [0.2, 0.25) is 0 Å². The molecule has 4 nitrogen and oxygen atoms in total. The van der Waals surface area contributed by atoms with Crippen molar-refractivity contribution in [1.82, 2.24) is 9.88 Å². The van der Waals surface area contributed by atoms with Gasteiger partial charge < -0.3 is 0 Å². The third kappa shape index (κ3) is 4.40. The first-order chi connectivity index (χ1) is 11.5. The molecule has 7 heteroatoms. The van der Waals surface area contributed by atoms with Gasteiger partial charge in [0.25, 0.3) is 5.91 Å². The van der Waals surface area contributed by atoms with E-state index in [1.807, 2.05) is 5.38 Å². The maximum Gasteiger partial charge on any atom is 0.258 e. The average Bonchev–Trinajstić information content (AvgIpc) is 2.94. The molecule has 0 bridgehead atoms. The van der Waals surface area contributed by atoms with Gasteiger partial charge in [-0.1, -0.05) is 6.92 Å². The van der Waals surface area contributed by atoms with Crippen LogP contribution in [0.15, 0.2) is 28.1 Å². The third-order valence-corrected chi connectivity index (χ3v) is 5.54. The Morgan fingerprint density at radius 3 is 3.12 bits per heavy atom. The molecule has 1 aromatic heterocycles. The zero-order valence-electron chi connectivity index (χ0n) is 13.4. The molecule has 1 aromatic carbocycles. The molecule has 1 N–H and O–H groups in total. The summed E-state index contributed by atoms with van der Waals surface area (Å²) in [6.07, 6.45) is 2.52.